The summed E-state index contributed by atoms with van der Waals surface area (Å²) in [5, 5.41) is 0. The largest absolute Gasteiger partial charge is 1.00 e. The van der Waals surface area contributed by atoms with Gasteiger partial charge in [-0.25, -0.2) is 16.7 Å². The van der Waals surface area contributed by atoms with Gasteiger partial charge in [-0.15, -0.1) is 6.92 Å². The summed E-state index contributed by atoms with van der Waals surface area (Å²) in [4.78, 5) is 0. The molecule has 0 aliphatic heterocycles. The summed E-state index contributed by atoms with van der Waals surface area (Å²) in [7, 11) is 0. The van der Waals surface area contributed by atoms with Crippen LogP contribution in [0.2, 0.25) is 13.1 Å². The van der Waals surface area contributed by atoms with E-state index in [-0.39, 0.29) is 30.2 Å². The zero-order valence-electron chi connectivity index (χ0n) is 17.6. The quantitative estimate of drug-likeness (QED) is 0.353. The van der Waals surface area contributed by atoms with Crippen LogP contribution in [0.3, 0.4) is 0 Å². The van der Waals surface area contributed by atoms with Crippen LogP contribution in [0, 0.1) is 29.4 Å². The second-order valence-corrected chi connectivity index (χ2v) is 17.2. The molecule has 0 aromatic rings. The summed E-state index contributed by atoms with van der Waals surface area (Å²) in [6, 6.07) is 0. The van der Waals surface area contributed by atoms with E-state index in [1.54, 1.807) is 23.3 Å². The van der Waals surface area contributed by atoms with Gasteiger partial charge in [0.05, 0.1) is 0 Å². The SMILES string of the molecule is CC1=[C-]C(C)C=C1C.CC1=[C-]C(C)C=C1C(C)(C)C.C[Si](C)=[Zr+2].[Cl-].[Cl-]. The molecule has 2 atom stereocenters. The Hall–Kier alpha value is 0.640. The standard InChI is InChI=1S/C11H17.C8H11.C2H6Si.2ClH.Zr/c1-8-6-9(2)10(7-8)11(3,4)5;1-6-4-7(2)8(3)5-6;1-3-2;;;/h7-8H,1-5H3;4,6H,1-3H3;1-2H3;2*1H;/q2*-1;;;;+2/p-2. The third kappa shape index (κ3) is 13.5. The van der Waals surface area contributed by atoms with Gasteiger partial charge in [0.1, 0.15) is 0 Å². The van der Waals surface area contributed by atoms with Crippen LogP contribution in [0.5, 0.6) is 0 Å². The molecule has 0 spiro atoms. The average molecular weight is 477 g/mol. The van der Waals surface area contributed by atoms with Gasteiger partial charge in [0.25, 0.3) is 0 Å². The second kappa shape index (κ2) is 13.8. The molecule has 2 aliphatic carbocycles. The topological polar surface area (TPSA) is 0 Å². The molecule has 0 fully saturated rings. The fourth-order valence-corrected chi connectivity index (χ4v) is 2.65. The van der Waals surface area contributed by atoms with Crippen molar-refractivity contribution in [3.05, 3.63) is 46.6 Å². The molecule has 4 heteroatoms. The van der Waals surface area contributed by atoms with E-state index in [0.717, 1.165) is 0 Å². The Morgan fingerprint density at radius 3 is 1.36 bits per heavy atom. The molecule has 142 valence electrons. The molecule has 2 rings (SSSR count). The smallest absolute Gasteiger partial charge is 1.00 e. The van der Waals surface area contributed by atoms with Gasteiger partial charge in [-0.2, -0.15) is 17.7 Å². The average Bonchev–Trinajstić information content (AvgIpc) is 2.81. The molecule has 0 aromatic carbocycles. The normalized spacial score (nSPS) is 21.0. The predicted octanol–water partition coefficient (Wildman–Crippen LogP) is 0.482. The van der Waals surface area contributed by atoms with Crippen LogP contribution in [0.15, 0.2) is 34.4 Å². The van der Waals surface area contributed by atoms with Gasteiger partial charge in [-0.3, -0.25) is 12.2 Å². The summed E-state index contributed by atoms with van der Waals surface area (Å²) in [6.07, 6.45) is 11.2. The third-order valence-electron chi connectivity index (χ3n) is 3.61. The molecule has 0 saturated heterocycles. The van der Waals surface area contributed by atoms with E-state index >= 15 is 0 Å². The van der Waals surface area contributed by atoms with Gasteiger partial charge in [-0.05, 0) is 0 Å². The molecule has 0 N–H and O–H groups in total. The van der Waals surface area contributed by atoms with Crippen LogP contribution in [0.1, 0.15) is 55.4 Å². The van der Waals surface area contributed by atoms with Gasteiger partial charge in [0, 0.05) is 0 Å². The Morgan fingerprint density at radius 1 is 0.880 bits per heavy atom. The number of hydrogen-bond donors (Lipinski definition) is 0. The van der Waals surface area contributed by atoms with Crippen molar-refractivity contribution >= 4 is 5.43 Å². The predicted molar refractivity (Wildman–Crippen MR) is 102 cm³/mol. The molecule has 0 heterocycles. The van der Waals surface area contributed by atoms with E-state index in [1.165, 1.54) is 22.3 Å². The van der Waals surface area contributed by atoms with Gasteiger partial charge in [0.2, 0.25) is 0 Å². The molecule has 0 saturated carbocycles. The summed E-state index contributed by atoms with van der Waals surface area (Å²) < 4.78 is 0. The van der Waals surface area contributed by atoms with Crippen molar-refractivity contribution in [1.29, 1.82) is 0 Å². The Labute approximate surface area is 184 Å². The number of allylic oxidation sites excluding steroid dienone is 8. The van der Waals surface area contributed by atoms with Gasteiger partial charge >= 0.3 is 41.9 Å². The Balaban J connectivity index is -0.000000308. The zero-order chi connectivity index (χ0) is 18.4. The van der Waals surface area contributed by atoms with Crippen LogP contribution in [-0.2, 0) is 23.3 Å². The summed E-state index contributed by atoms with van der Waals surface area (Å²) in [5.74, 6) is 1.07. The Morgan fingerprint density at radius 2 is 1.24 bits per heavy atom. The molecule has 0 bridgehead atoms. The summed E-state index contributed by atoms with van der Waals surface area (Å²) >= 11 is 1.74. The Bertz CT molecular complexity index is 527. The molecule has 0 aromatic heterocycles. The van der Waals surface area contributed by atoms with Gasteiger partial charge in [-0.1, -0.05) is 65.7 Å². The molecule has 2 aliphatic rings. The molecular weight excluding hydrogens is 442 g/mol. The molecule has 2 unspecified atom stereocenters. The maximum absolute atomic E-state index is 3.40. The summed E-state index contributed by atoms with van der Waals surface area (Å²) in [6.45, 7) is 22.1. The van der Waals surface area contributed by atoms with E-state index in [2.05, 4.69) is 92.8 Å². The van der Waals surface area contributed by atoms with E-state index in [0.29, 0.717) is 17.3 Å². The maximum atomic E-state index is 3.40. The van der Waals surface area contributed by atoms with E-state index in [9.17, 15) is 0 Å². The Kier molecular flexibility index (Phi) is 16.7. The van der Waals surface area contributed by atoms with Gasteiger partial charge < -0.3 is 24.8 Å². The van der Waals surface area contributed by atoms with Crippen LogP contribution in [0.4, 0.5) is 0 Å². The molecule has 0 radical (unpaired) electrons. The first kappa shape index (κ1) is 30.4. The van der Waals surface area contributed by atoms with Crippen molar-refractivity contribution < 1.29 is 48.1 Å². The van der Waals surface area contributed by atoms with Crippen molar-refractivity contribution in [2.75, 3.05) is 0 Å². The number of halogens is 2. The van der Waals surface area contributed by atoms with E-state index < -0.39 is 0 Å². The fraction of sp³-hybridized carbons (Fsp3) is 0.619. The van der Waals surface area contributed by atoms with Crippen LogP contribution in [-0.4, -0.2) is 5.43 Å². The minimum absolute atomic E-state index is 0. The molecule has 25 heavy (non-hydrogen) atoms. The van der Waals surface area contributed by atoms with Crippen LogP contribution >= 0.6 is 0 Å². The molecule has 0 nitrogen and oxygen atoms in total. The first-order valence-electron chi connectivity index (χ1n) is 8.48. The second-order valence-electron chi connectivity index (χ2n) is 7.80. The first-order valence-corrected chi connectivity index (χ1v) is 14.7. The maximum Gasteiger partial charge on any atom is -1.00 e. The van der Waals surface area contributed by atoms with Crippen LogP contribution in [0.25, 0.3) is 0 Å². The molecule has 0 amide bonds. The third-order valence-corrected chi connectivity index (χ3v) is 3.61. The van der Waals surface area contributed by atoms with Crippen molar-refractivity contribution in [1.82, 2.24) is 0 Å². The molecular formula is C21H34Cl2SiZr-2. The van der Waals surface area contributed by atoms with Crippen molar-refractivity contribution in [3.8, 4) is 0 Å². The van der Waals surface area contributed by atoms with Crippen molar-refractivity contribution in [2.45, 2.75) is 68.5 Å². The van der Waals surface area contributed by atoms with E-state index in [4.69, 9.17) is 0 Å². The van der Waals surface area contributed by atoms with Crippen molar-refractivity contribution in [2.24, 2.45) is 17.3 Å². The fourth-order valence-electron chi connectivity index (χ4n) is 2.65. The van der Waals surface area contributed by atoms with Gasteiger partial charge in [0.15, 0.2) is 0 Å². The van der Waals surface area contributed by atoms with Crippen LogP contribution < -0.4 is 24.8 Å². The zero-order valence-corrected chi connectivity index (χ0v) is 22.5. The summed E-state index contributed by atoms with van der Waals surface area (Å²) in [5.41, 5.74) is 6.01. The van der Waals surface area contributed by atoms with E-state index in [1.807, 2.05) is 0 Å². The number of hydrogen-bond acceptors (Lipinski definition) is 0. The minimum Gasteiger partial charge on any atom is -1.00 e. The van der Waals surface area contributed by atoms with Crippen molar-refractivity contribution in [3.63, 3.8) is 0 Å². The minimum atomic E-state index is 0. The monoisotopic (exact) mass is 474 g/mol. The number of rotatable bonds is 0. The first-order chi connectivity index (χ1) is 10.3.